The van der Waals surface area contributed by atoms with Gasteiger partial charge in [-0.25, -0.2) is 0 Å². The van der Waals surface area contributed by atoms with Crippen molar-refractivity contribution in [1.82, 2.24) is 9.47 Å². The minimum absolute atomic E-state index is 0.140. The summed E-state index contributed by atoms with van der Waals surface area (Å²) < 4.78 is 14.5. The van der Waals surface area contributed by atoms with Gasteiger partial charge >= 0.3 is 0 Å². The normalized spacial score (nSPS) is 22.0. The number of para-hydroxylation sites is 1. The standard InChI is InChI=1S/C19H23BrN2O3/c1-13-18(20)15-6-2-3-7-16(15)22(13)12-17(23)21-8-4-5-14(11-21)19-24-9-10-25-19/h2-3,6-7,14,19H,4-5,8-12H2,1H3. The minimum atomic E-state index is -0.140. The van der Waals surface area contributed by atoms with Crippen molar-refractivity contribution >= 4 is 32.7 Å². The van der Waals surface area contributed by atoms with Crippen LogP contribution in [0.15, 0.2) is 28.7 Å². The highest BCUT2D eigenvalue weighted by Crippen LogP contribution is 2.31. The zero-order chi connectivity index (χ0) is 17.4. The van der Waals surface area contributed by atoms with Crippen molar-refractivity contribution in [2.24, 2.45) is 5.92 Å². The third-order valence-corrected chi connectivity index (χ3v) is 6.29. The largest absolute Gasteiger partial charge is 0.350 e. The van der Waals surface area contributed by atoms with Crippen molar-refractivity contribution in [3.63, 3.8) is 0 Å². The molecule has 1 aromatic heterocycles. The smallest absolute Gasteiger partial charge is 0.242 e. The average Bonchev–Trinajstić information content (AvgIpc) is 3.26. The maximum Gasteiger partial charge on any atom is 0.242 e. The molecule has 1 aromatic carbocycles. The van der Waals surface area contributed by atoms with Gasteiger partial charge in [0.2, 0.25) is 5.91 Å². The molecule has 3 heterocycles. The summed E-state index contributed by atoms with van der Waals surface area (Å²) >= 11 is 3.66. The fourth-order valence-electron chi connectivity index (χ4n) is 3.94. The van der Waals surface area contributed by atoms with E-state index in [1.54, 1.807) is 0 Å². The molecule has 0 saturated carbocycles. The van der Waals surface area contributed by atoms with Crippen molar-refractivity contribution in [3.05, 3.63) is 34.4 Å². The summed E-state index contributed by atoms with van der Waals surface area (Å²) in [7, 11) is 0. The number of nitrogens with zero attached hydrogens (tertiary/aromatic N) is 2. The highest BCUT2D eigenvalue weighted by atomic mass is 79.9. The van der Waals surface area contributed by atoms with E-state index in [-0.39, 0.29) is 18.1 Å². The molecule has 0 N–H and O–H groups in total. The van der Waals surface area contributed by atoms with E-state index in [9.17, 15) is 4.79 Å². The summed E-state index contributed by atoms with van der Waals surface area (Å²) in [6.45, 7) is 5.30. The van der Waals surface area contributed by atoms with Gasteiger partial charge in [0.05, 0.1) is 13.2 Å². The summed E-state index contributed by atoms with van der Waals surface area (Å²) in [6, 6.07) is 8.19. The molecule has 1 amide bonds. The Labute approximate surface area is 156 Å². The molecule has 0 bridgehead atoms. The Morgan fingerprint density at radius 1 is 1.28 bits per heavy atom. The number of aromatic nitrogens is 1. The molecule has 134 valence electrons. The first-order valence-corrected chi connectivity index (χ1v) is 9.69. The van der Waals surface area contributed by atoms with Gasteiger partial charge in [-0.15, -0.1) is 0 Å². The van der Waals surface area contributed by atoms with E-state index < -0.39 is 0 Å². The van der Waals surface area contributed by atoms with Crippen LogP contribution in [0.25, 0.3) is 10.9 Å². The second-order valence-electron chi connectivity index (χ2n) is 6.85. The van der Waals surface area contributed by atoms with Crippen LogP contribution >= 0.6 is 15.9 Å². The number of ether oxygens (including phenoxy) is 2. The lowest BCUT2D eigenvalue weighted by atomic mass is 9.97. The van der Waals surface area contributed by atoms with Crippen LogP contribution in [0.5, 0.6) is 0 Å². The molecule has 2 saturated heterocycles. The Morgan fingerprint density at radius 3 is 2.84 bits per heavy atom. The third kappa shape index (κ3) is 3.23. The number of halogens is 1. The Kier molecular flexibility index (Phi) is 4.84. The number of benzene rings is 1. The number of likely N-dealkylation sites (tertiary alicyclic amines) is 1. The number of carbonyl (C=O) groups excluding carboxylic acids is 1. The van der Waals surface area contributed by atoms with Crippen LogP contribution in [-0.2, 0) is 20.8 Å². The van der Waals surface area contributed by atoms with E-state index in [4.69, 9.17) is 9.47 Å². The second kappa shape index (κ2) is 7.09. The lowest BCUT2D eigenvalue weighted by Gasteiger charge is -2.35. The third-order valence-electron chi connectivity index (χ3n) is 5.29. The Balaban J connectivity index is 1.51. The molecule has 0 spiro atoms. The molecule has 25 heavy (non-hydrogen) atoms. The molecular weight excluding hydrogens is 384 g/mol. The topological polar surface area (TPSA) is 43.7 Å². The van der Waals surface area contributed by atoms with Crippen LogP contribution in [0.4, 0.5) is 0 Å². The van der Waals surface area contributed by atoms with Crippen molar-refractivity contribution in [1.29, 1.82) is 0 Å². The number of hydrogen-bond donors (Lipinski definition) is 0. The van der Waals surface area contributed by atoms with Gasteiger partial charge in [-0.3, -0.25) is 4.79 Å². The predicted octanol–water partition coefficient (Wildman–Crippen LogP) is 3.32. The summed E-state index contributed by atoms with van der Waals surface area (Å²) in [6.07, 6.45) is 1.93. The number of hydrogen-bond acceptors (Lipinski definition) is 3. The van der Waals surface area contributed by atoms with Gasteiger partial charge in [-0.1, -0.05) is 18.2 Å². The molecule has 2 aliphatic heterocycles. The fourth-order valence-corrected chi connectivity index (χ4v) is 4.48. The number of fused-ring (bicyclic) bond motifs is 1. The molecule has 1 atom stereocenters. The monoisotopic (exact) mass is 406 g/mol. The SMILES string of the molecule is Cc1c(Br)c2ccccc2n1CC(=O)N1CCCC(C2OCCO2)C1. The first kappa shape index (κ1) is 17.1. The van der Waals surface area contributed by atoms with Crippen molar-refractivity contribution in [3.8, 4) is 0 Å². The Bertz CT molecular complexity index is 782. The van der Waals surface area contributed by atoms with Gasteiger partial charge in [0, 0.05) is 40.1 Å². The second-order valence-corrected chi connectivity index (χ2v) is 7.65. The summed E-state index contributed by atoms with van der Waals surface area (Å²) in [4.78, 5) is 14.9. The molecule has 2 fully saturated rings. The van der Waals surface area contributed by atoms with E-state index in [1.165, 1.54) is 0 Å². The quantitative estimate of drug-likeness (QED) is 0.784. The van der Waals surface area contributed by atoms with Crippen LogP contribution < -0.4 is 0 Å². The fraction of sp³-hybridized carbons (Fsp3) is 0.526. The molecule has 2 aromatic rings. The first-order chi connectivity index (χ1) is 12.1. The lowest BCUT2D eigenvalue weighted by Crippen LogP contribution is -2.45. The zero-order valence-electron chi connectivity index (χ0n) is 14.4. The molecule has 6 heteroatoms. The molecule has 0 aliphatic carbocycles. The van der Waals surface area contributed by atoms with E-state index in [0.29, 0.717) is 19.8 Å². The number of carbonyl (C=O) groups is 1. The number of rotatable bonds is 3. The average molecular weight is 407 g/mol. The molecular formula is C19H23BrN2O3. The molecule has 5 nitrogen and oxygen atoms in total. The highest BCUT2D eigenvalue weighted by molar-refractivity contribution is 9.10. The maximum absolute atomic E-state index is 12.9. The Hall–Kier alpha value is -1.37. The zero-order valence-corrected chi connectivity index (χ0v) is 16.0. The van der Waals surface area contributed by atoms with Crippen LogP contribution in [0, 0.1) is 12.8 Å². The molecule has 1 unspecified atom stereocenters. The van der Waals surface area contributed by atoms with Crippen molar-refractivity contribution < 1.29 is 14.3 Å². The van der Waals surface area contributed by atoms with Crippen LogP contribution in [0.2, 0.25) is 0 Å². The lowest BCUT2D eigenvalue weighted by molar-refractivity contribution is -0.139. The number of amides is 1. The summed E-state index contributed by atoms with van der Waals surface area (Å²) in [5.74, 6) is 0.452. The van der Waals surface area contributed by atoms with E-state index in [0.717, 1.165) is 47.0 Å². The van der Waals surface area contributed by atoms with Crippen LogP contribution in [0.3, 0.4) is 0 Å². The molecule has 0 radical (unpaired) electrons. The van der Waals surface area contributed by atoms with Gasteiger partial charge in [0.1, 0.15) is 6.54 Å². The van der Waals surface area contributed by atoms with Crippen molar-refractivity contribution in [2.45, 2.75) is 32.6 Å². The summed E-state index contributed by atoms with van der Waals surface area (Å²) in [5.41, 5.74) is 2.18. The van der Waals surface area contributed by atoms with Crippen molar-refractivity contribution in [2.75, 3.05) is 26.3 Å². The van der Waals surface area contributed by atoms with E-state index in [2.05, 4.69) is 39.6 Å². The van der Waals surface area contributed by atoms with Gasteiger partial charge in [-0.2, -0.15) is 0 Å². The minimum Gasteiger partial charge on any atom is -0.350 e. The van der Waals surface area contributed by atoms with Crippen LogP contribution in [0.1, 0.15) is 18.5 Å². The van der Waals surface area contributed by atoms with Gasteiger partial charge in [-0.05, 0) is 41.8 Å². The Morgan fingerprint density at radius 2 is 2.04 bits per heavy atom. The van der Waals surface area contributed by atoms with Gasteiger partial charge in [0.15, 0.2) is 6.29 Å². The van der Waals surface area contributed by atoms with Crippen LogP contribution in [-0.4, -0.2) is 48.0 Å². The molecule has 4 rings (SSSR count). The predicted molar refractivity (Wildman–Crippen MR) is 99.4 cm³/mol. The van der Waals surface area contributed by atoms with E-state index in [1.807, 2.05) is 17.0 Å². The number of piperidine rings is 1. The maximum atomic E-state index is 12.9. The molecule has 2 aliphatic rings. The van der Waals surface area contributed by atoms with Gasteiger partial charge < -0.3 is 18.9 Å². The van der Waals surface area contributed by atoms with Gasteiger partial charge in [0.25, 0.3) is 0 Å². The summed E-state index contributed by atoms with van der Waals surface area (Å²) in [5, 5.41) is 1.15. The highest BCUT2D eigenvalue weighted by Gasteiger charge is 2.33. The first-order valence-electron chi connectivity index (χ1n) is 8.89. The van der Waals surface area contributed by atoms with E-state index >= 15 is 0 Å².